The Balaban J connectivity index is 1.44. The molecule has 5 heterocycles. The molecule has 0 radical (unpaired) electrons. The van der Waals surface area contributed by atoms with Crippen molar-refractivity contribution in [2.75, 3.05) is 19.6 Å². The lowest BCUT2D eigenvalue weighted by molar-refractivity contribution is 0.0924. The van der Waals surface area contributed by atoms with E-state index in [1.807, 2.05) is 30.3 Å². The number of carbonyl (C=O) groups excluding carboxylic acids is 1. The topological polar surface area (TPSA) is 89.1 Å². The van der Waals surface area contributed by atoms with Crippen LogP contribution in [0.1, 0.15) is 42.8 Å². The summed E-state index contributed by atoms with van der Waals surface area (Å²) in [5.74, 6) is 1.13. The number of furan rings is 1. The molecule has 1 aliphatic rings. The van der Waals surface area contributed by atoms with Crippen LogP contribution in [0.25, 0.3) is 22.3 Å². The van der Waals surface area contributed by atoms with E-state index in [9.17, 15) is 4.79 Å². The summed E-state index contributed by atoms with van der Waals surface area (Å²) < 4.78 is 7.27. The normalized spacial score (nSPS) is 16.9. The summed E-state index contributed by atoms with van der Waals surface area (Å²) in [7, 11) is 0. The summed E-state index contributed by atoms with van der Waals surface area (Å²) in [6.45, 7) is 7.72. The SMILES string of the molecule is CC(C)N1CCCC(CNC(=O)c2cc(-c3cccnc3)nc3c2cnn3Cc2ccco2)C1. The summed E-state index contributed by atoms with van der Waals surface area (Å²) in [5.41, 5.74) is 2.76. The van der Waals surface area contributed by atoms with Gasteiger partial charge in [-0.15, -0.1) is 0 Å². The van der Waals surface area contributed by atoms with E-state index in [4.69, 9.17) is 9.40 Å². The number of fused-ring (bicyclic) bond motifs is 1. The zero-order chi connectivity index (χ0) is 23.5. The maximum atomic E-state index is 13.4. The van der Waals surface area contributed by atoms with Gasteiger partial charge in [-0.05, 0) is 69.5 Å². The average molecular weight is 459 g/mol. The van der Waals surface area contributed by atoms with Crippen molar-refractivity contribution in [2.24, 2.45) is 5.92 Å². The van der Waals surface area contributed by atoms with Crippen LogP contribution in [-0.2, 0) is 6.54 Å². The fourth-order valence-electron chi connectivity index (χ4n) is 4.63. The largest absolute Gasteiger partial charge is 0.467 e. The Hall–Kier alpha value is -3.52. The fraction of sp³-hybridized carbons (Fsp3) is 0.385. The first-order valence-corrected chi connectivity index (χ1v) is 11.9. The highest BCUT2D eigenvalue weighted by Crippen LogP contribution is 2.25. The van der Waals surface area contributed by atoms with Gasteiger partial charge in [-0.1, -0.05) is 0 Å². The number of amides is 1. The zero-order valence-electron chi connectivity index (χ0n) is 19.6. The molecule has 8 heteroatoms. The number of nitrogens with one attached hydrogen (secondary N) is 1. The van der Waals surface area contributed by atoms with Gasteiger partial charge in [0.05, 0.1) is 29.1 Å². The third-order valence-corrected chi connectivity index (χ3v) is 6.53. The molecule has 8 nitrogen and oxygen atoms in total. The summed E-state index contributed by atoms with van der Waals surface area (Å²) in [4.78, 5) is 25.0. The second kappa shape index (κ2) is 9.77. The Morgan fingerprint density at radius 1 is 1.26 bits per heavy atom. The molecule has 0 bridgehead atoms. The van der Waals surface area contributed by atoms with Gasteiger partial charge in [0, 0.05) is 37.1 Å². The molecule has 176 valence electrons. The Morgan fingerprint density at radius 2 is 2.18 bits per heavy atom. The lowest BCUT2D eigenvalue weighted by Crippen LogP contribution is -2.43. The van der Waals surface area contributed by atoms with Crippen molar-refractivity contribution in [1.29, 1.82) is 0 Å². The number of rotatable bonds is 7. The molecule has 1 saturated heterocycles. The number of likely N-dealkylation sites (tertiary alicyclic amines) is 1. The van der Waals surface area contributed by atoms with Crippen molar-refractivity contribution in [3.63, 3.8) is 0 Å². The lowest BCUT2D eigenvalue weighted by atomic mass is 9.96. The van der Waals surface area contributed by atoms with E-state index in [1.165, 1.54) is 6.42 Å². The van der Waals surface area contributed by atoms with E-state index in [2.05, 4.69) is 34.1 Å². The smallest absolute Gasteiger partial charge is 0.252 e. The van der Waals surface area contributed by atoms with Gasteiger partial charge in [0.15, 0.2) is 5.65 Å². The molecule has 4 aromatic rings. The van der Waals surface area contributed by atoms with Crippen molar-refractivity contribution in [3.8, 4) is 11.3 Å². The van der Waals surface area contributed by atoms with Crippen LogP contribution in [0.3, 0.4) is 0 Å². The van der Waals surface area contributed by atoms with Gasteiger partial charge in [-0.2, -0.15) is 5.10 Å². The molecular formula is C26H30N6O2. The molecule has 5 rings (SSSR count). The zero-order valence-corrected chi connectivity index (χ0v) is 19.6. The Bertz CT molecular complexity index is 1250. The third kappa shape index (κ3) is 4.72. The second-order valence-corrected chi connectivity index (χ2v) is 9.22. The molecule has 1 N–H and O–H groups in total. The molecule has 1 fully saturated rings. The van der Waals surface area contributed by atoms with E-state index in [0.29, 0.717) is 42.0 Å². The fourth-order valence-corrected chi connectivity index (χ4v) is 4.63. The highest BCUT2D eigenvalue weighted by Gasteiger charge is 2.23. The summed E-state index contributed by atoms with van der Waals surface area (Å²) in [5, 5.41) is 8.43. The highest BCUT2D eigenvalue weighted by atomic mass is 16.3. The minimum atomic E-state index is -0.100. The maximum absolute atomic E-state index is 13.4. The van der Waals surface area contributed by atoms with Crippen LogP contribution in [0.15, 0.2) is 59.6 Å². The lowest BCUT2D eigenvalue weighted by Gasteiger charge is -2.35. The van der Waals surface area contributed by atoms with Crippen LogP contribution in [0, 0.1) is 5.92 Å². The van der Waals surface area contributed by atoms with Crippen molar-refractivity contribution in [2.45, 2.75) is 39.3 Å². The number of carbonyl (C=O) groups is 1. The van der Waals surface area contributed by atoms with Crippen LogP contribution in [-0.4, -0.2) is 56.2 Å². The number of hydrogen-bond donors (Lipinski definition) is 1. The number of aromatic nitrogens is 4. The van der Waals surface area contributed by atoms with Gasteiger partial charge in [-0.25, -0.2) is 9.67 Å². The van der Waals surface area contributed by atoms with Gasteiger partial charge in [0.25, 0.3) is 5.91 Å². The third-order valence-electron chi connectivity index (χ3n) is 6.53. The van der Waals surface area contributed by atoms with E-state index in [-0.39, 0.29) is 5.91 Å². The molecule has 1 unspecified atom stereocenters. The molecule has 1 aliphatic heterocycles. The first-order chi connectivity index (χ1) is 16.6. The monoisotopic (exact) mass is 458 g/mol. The van der Waals surface area contributed by atoms with Crippen LogP contribution in [0.4, 0.5) is 0 Å². The summed E-state index contributed by atoms with van der Waals surface area (Å²) in [6.07, 6.45) is 9.14. The minimum Gasteiger partial charge on any atom is -0.467 e. The standard InChI is InChI=1S/C26H30N6O2/c1-18(2)31-10-4-6-19(16-31)13-28-26(33)22-12-24(20-7-3-9-27-14-20)30-25-23(22)15-29-32(25)17-21-8-5-11-34-21/h3,5,7-9,11-12,14-15,18-19H,4,6,10,13,16-17H2,1-2H3,(H,28,33). The summed E-state index contributed by atoms with van der Waals surface area (Å²) >= 11 is 0. The van der Waals surface area contributed by atoms with E-state index < -0.39 is 0 Å². The molecule has 0 aliphatic carbocycles. The van der Waals surface area contributed by atoms with Crippen molar-refractivity contribution in [1.82, 2.24) is 30.0 Å². The average Bonchev–Trinajstić information content (AvgIpc) is 3.53. The van der Waals surface area contributed by atoms with Gasteiger partial charge in [-0.3, -0.25) is 9.78 Å². The minimum absolute atomic E-state index is 0.100. The van der Waals surface area contributed by atoms with Crippen molar-refractivity contribution >= 4 is 16.9 Å². The van der Waals surface area contributed by atoms with Gasteiger partial charge in [0.1, 0.15) is 12.3 Å². The van der Waals surface area contributed by atoms with Crippen LogP contribution < -0.4 is 5.32 Å². The Kier molecular flexibility index (Phi) is 6.40. The summed E-state index contributed by atoms with van der Waals surface area (Å²) in [6, 6.07) is 9.93. The molecule has 0 spiro atoms. The van der Waals surface area contributed by atoms with E-state index in [1.54, 1.807) is 29.5 Å². The number of nitrogens with zero attached hydrogens (tertiary/aromatic N) is 5. The first-order valence-electron chi connectivity index (χ1n) is 11.9. The number of pyridine rings is 2. The molecule has 1 amide bonds. The number of piperidine rings is 1. The molecule has 1 atom stereocenters. The van der Waals surface area contributed by atoms with E-state index >= 15 is 0 Å². The first kappa shape index (κ1) is 22.3. The van der Waals surface area contributed by atoms with Crippen LogP contribution in [0.5, 0.6) is 0 Å². The van der Waals surface area contributed by atoms with E-state index in [0.717, 1.165) is 36.2 Å². The maximum Gasteiger partial charge on any atom is 0.252 e. The van der Waals surface area contributed by atoms with Gasteiger partial charge >= 0.3 is 0 Å². The predicted octanol–water partition coefficient (Wildman–Crippen LogP) is 3.98. The number of hydrogen-bond acceptors (Lipinski definition) is 6. The Morgan fingerprint density at radius 3 is 2.94 bits per heavy atom. The van der Waals surface area contributed by atoms with Gasteiger partial charge < -0.3 is 14.6 Å². The molecule has 0 aromatic carbocycles. The van der Waals surface area contributed by atoms with Gasteiger partial charge in [0.2, 0.25) is 0 Å². The molecule has 0 saturated carbocycles. The van der Waals surface area contributed by atoms with Crippen molar-refractivity contribution < 1.29 is 9.21 Å². The predicted molar refractivity (Wildman–Crippen MR) is 130 cm³/mol. The van der Waals surface area contributed by atoms with Crippen LogP contribution in [0.2, 0.25) is 0 Å². The Labute approximate surface area is 199 Å². The molecular weight excluding hydrogens is 428 g/mol. The highest BCUT2D eigenvalue weighted by molar-refractivity contribution is 6.06. The molecule has 4 aromatic heterocycles. The van der Waals surface area contributed by atoms with Crippen LogP contribution >= 0.6 is 0 Å². The van der Waals surface area contributed by atoms with Crippen molar-refractivity contribution in [3.05, 3.63) is 66.5 Å². The molecule has 34 heavy (non-hydrogen) atoms. The quantitative estimate of drug-likeness (QED) is 0.451. The second-order valence-electron chi connectivity index (χ2n) is 9.22.